The van der Waals surface area contributed by atoms with Gasteiger partial charge >= 0.3 is 13.8 Å². The Morgan fingerprint density at radius 2 is 1.84 bits per heavy atom. The number of ether oxygens (including phenoxy) is 1. The summed E-state index contributed by atoms with van der Waals surface area (Å²) in [6, 6.07) is 17.7. The number of hydrogen-bond acceptors (Lipinski definition) is 6. The van der Waals surface area contributed by atoms with E-state index in [4.69, 9.17) is 21.6 Å². The first-order valence-corrected chi connectivity index (χ1v) is 14.7. The average molecular weight is 566 g/mol. The maximum Gasteiger partial charge on any atom is 0.418 e. The van der Waals surface area contributed by atoms with Gasteiger partial charge in [-0.05, 0) is 74.4 Å². The van der Waals surface area contributed by atoms with Gasteiger partial charge in [-0.15, -0.1) is 0 Å². The van der Waals surface area contributed by atoms with Gasteiger partial charge in [-0.3, -0.25) is 0 Å². The molecule has 1 unspecified atom stereocenters. The topological polar surface area (TPSA) is 106 Å². The molecule has 0 aliphatic heterocycles. The standard InChI is InChI=1S/C28H23ClN2O5PS/c1-4-36-28(32)26-27(37(33)25-16-18(2)15-20(19(25)3)9-8-14-30)23-17-21(29)12-13-24(23)31(26)38(34,35)22-10-6-5-7-11-22/h5-13,15-17H,4H2,1-3H3/q+1/b9-8+. The lowest BCUT2D eigenvalue weighted by atomic mass is 10.1. The largest absolute Gasteiger partial charge is 0.461 e. The summed E-state index contributed by atoms with van der Waals surface area (Å²) in [5.74, 6) is -0.924. The Kier molecular flexibility index (Phi) is 7.84. The van der Waals surface area contributed by atoms with Crippen LogP contribution in [0.4, 0.5) is 0 Å². The van der Waals surface area contributed by atoms with Crippen molar-refractivity contribution in [2.24, 2.45) is 0 Å². The van der Waals surface area contributed by atoms with Gasteiger partial charge in [-0.2, -0.15) is 5.26 Å². The van der Waals surface area contributed by atoms with Crippen molar-refractivity contribution in [1.82, 2.24) is 3.97 Å². The molecule has 0 bridgehead atoms. The zero-order chi connectivity index (χ0) is 27.6. The van der Waals surface area contributed by atoms with E-state index in [0.717, 1.165) is 9.54 Å². The van der Waals surface area contributed by atoms with Crippen LogP contribution in [0.2, 0.25) is 5.02 Å². The van der Waals surface area contributed by atoms with Crippen LogP contribution < -0.4 is 10.6 Å². The van der Waals surface area contributed by atoms with Crippen LogP contribution in [-0.4, -0.2) is 25.0 Å². The molecular formula is C28H23ClN2O5PS+. The van der Waals surface area contributed by atoms with Crippen LogP contribution in [0.1, 0.15) is 34.1 Å². The van der Waals surface area contributed by atoms with Crippen LogP contribution in [-0.2, 0) is 19.3 Å². The van der Waals surface area contributed by atoms with Crippen molar-refractivity contribution in [2.45, 2.75) is 25.7 Å². The Bertz CT molecular complexity index is 1770. The van der Waals surface area contributed by atoms with Gasteiger partial charge in [0.15, 0.2) is 11.0 Å². The molecule has 0 N–H and O–H groups in total. The fraction of sp³-hybridized carbons (Fsp3) is 0.143. The number of carbonyl (C=O) groups excluding carboxylic acids is 1. The van der Waals surface area contributed by atoms with Crippen molar-refractivity contribution in [3.8, 4) is 6.07 Å². The molecule has 3 aromatic carbocycles. The third kappa shape index (κ3) is 4.89. The lowest BCUT2D eigenvalue weighted by molar-refractivity contribution is 0.0520. The summed E-state index contributed by atoms with van der Waals surface area (Å²) >= 11 is 6.30. The highest BCUT2D eigenvalue weighted by molar-refractivity contribution is 7.90. The van der Waals surface area contributed by atoms with Crippen LogP contribution in [0.3, 0.4) is 0 Å². The minimum atomic E-state index is -4.31. The minimum absolute atomic E-state index is 0.0133. The quantitative estimate of drug-likeness (QED) is 0.163. The molecule has 0 spiro atoms. The second kappa shape index (κ2) is 10.9. The highest BCUT2D eigenvalue weighted by Gasteiger charge is 2.42. The Hall–Kier alpha value is -3.76. The summed E-state index contributed by atoms with van der Waals surface area (Å²) in [5, 5.41) is 9.95. The van der Waals surface area contributed by atoms with E-state index in [9.17, 15) is 17.8 Å². The monoisotopic (exact) mass is 565 g/mol. The summed E-state index contributed by atoms with van der Waals surface area (Å²) in [4.78, 5) is 13.4. The number of nitrogens with zero attached hydrogens (tertiary/aromatic N) is 2. The van der Waals surface area contributed by atoms with E-state index in [-0.39, 0.29) is 38.4 Å². The van der Waals surface area contributed by atoms with Crippen LogP contribution in [0, 0.1) is 25.2 Å². The summed E-state index contributed by atoms with van der Waals surface area (Å²) in [6.45, 7) is 5.17. The predicted octanol–water partition coefficient (Wildman–Crippen LogP) is 5.64. The maximum absolute atomic E-state index is 14.4. The summed E-state index contributed by atoms with van der Waals surface area (Å²) < 4.78 is 48.4. The molecule has 4 rings (SSSR count). The average Bonchev–Trinajstić information content (AvgIpc) is 3.24. The third-order valence-corrected chi connectivity index (χ3v) is 9.66. The summed E-state index contributed by atoms with van der Waals surface area (Å²) in [7, 11) is -6.83. The van der Waals surface area contributed by atoms with Gasteiger partial charge in [0.2, 0.25) is 5.30 Å². The van der Waals surface area contributed by atoms with Crippen molar-refractivity contribution in [3.63, 3.8) is 0 Å². The number of carbonyl (C=O) groups is 1. The second-order valence-electron chi connectivity index (χ2n) is 8.42. The first kappa shape index (κ1) is 27.3. The molecule has 0 radical (unpaired) electrons. The van der Waals surface area contributed by atoms with E-state index < -0.39 is 23.8 Å². The number of allylic oxidation sites excluding steroid dienone is 1. The highest BCUT2D eigenvalue weighted by Crippen LogP contribution is 2.36. The Labute approximate surface area is 226 Å². The van der Waals surface area contributed by atoms with E-state index in [1.807, 2.05) is 19.1 Å². The van der Waals surface area contributed by atoms with Crippen molar-refractivity contribution in [2.75, 3.05) is 6.61 Å². The van der Waals surface area contributed by atoms with E-state index in [0.29, 0.717) is 16.4 Å². The molecule has 1 atom stereocenters. The lowest BCUT2D eigenvalue weighted by Crippen LogP contribution is -2.25. The summed E-state index contributed by atoms with van der Waals surface area (Å²) in [5.41, 5.74) is 1.90. The zero-order valence-electron chi connectivity index (χ0n) is 20.8. The molecule has 10 heteroatoms. The first-order valence-electron chi connectivity index (χ1n) is 11.6. The normalized spacial score (nSPS) is 12.0. The Morgan fingerprint density at radius 3 is 2.50 bits per heavy atom. The van der Waals surface area contributed by atoms with Gasteiger partial charge < -0.3 is 4.74 Å². The molecule has 0 saturated carbocycles. The molecule has 0 aliphatic rings. The molecular weight excluding hydrogens is 543 g/mol. The van der Waals surface area contributed by atoms with Gasteiger partial charge in [-0.1, -0.05) is 40.4 Å². The maximum atomic E-state index is 14.4. The van der Waals surface area contributed by atoms with E-state index >= 15 is 0 Å². The van der Waals surface area contributed by atoms with Crippen molar-refractivity contribution in [3.05, 3.63) is 94.1 Å². The molecule has 0 amide bonds. The Balaban J connectivity index is 2.14. The molecule has 4 aromatic rings. The van der Waals surface area contributed by atoms with Gasteiger partial charge in [0.1, 0.15) is 0 Å². The number of rotatable bonds is 7. The smallest absolute Gasteiger partial charge is 0.418 e. The second-order valence-corrected chi connectivity index (χ2v) is 12.2. The van der Waals surface area contributed by atoms with Crippen molar-refractivity contribution in [1.29, 1.82) is 5.26 Å². The molecule has 38 heavy (non-hydrogen) atoms. The fourth-order valence-corrected chi connectivity index (χ4v) is 7.80. The number of aromatic nitrogens is 1. The molecule has 0 saturated heterocycles. The van der Waals surface area contributed by atoms with E-state index in [2.05, 4.69) is 0 Å². The van der Waals surface area contributed by atoms with Gasteiger partial charge in [0.05, 0.1) is 28.5 Å². The van der Waals surface area contributed by atoms with Crippen LogP contribution >= 0.6 is 19.4 Å². The SMILES string of the molecule is CCOC(=O)c1c([P+](=O)c2cc(C)cc(/C=C/C#N)c2C)c2cc(Cl)ccc2n1S(=O)(=O)c1ccccc1. The van der Waals surface area contributed by atoms with Crippen LogP contribution in [0.25, 0.3) is 17.0 Å². The first-order chi connectivity index (χ1) is 18.1. The van der Waals surface area contributed by atoms with E-state index in [1.165, 1.54) is 36.4 Å². The minimum Gasteiger partial charge on any atom is -0.461 e. The number of fused-ring (bicyclic) bond motifs is 1. The zero-order valence-corrected chi connectivity index (χ0v) is 23.3. The molecule has 1 heterocycles. The van der Waals surface area contributed by atoms with Crippen LogP contribution in [0.15, 0.2) is 71.6 Å². The fourth-order valence-electron chi connectivity index (χ4n) is 4.25. The number of nitriles is 1. The number of hydrogen-bond donors (Lipinski definition) is 0. The van der Waals surface area contributed by atoms with Crippen molar-refractivity contribution < 1.29 is 22.5 Å². The van der Waals surface area contributed by atoms with Gasteiger partial charge in [0, 0.05) is 16.7 Å². The number of aryl methyl sites for hydroxylation is 1. The molecule has 0 fully saturated rings. The molecule has 7 nitrogen and oxygen atoms in total. The Morgan fingerprint density at radius 1 is 1.13 bits per heavy atom. The number of benzene rings is 3. The number of esters is 1. The molecule has 0 aliphatic carbocycles. The van der Waals surface area contributed by atoms with Crippen molar-refractivity contribution >= 4 is 63.0 Å². The lowest BCUT2D eigenvalue weighted by Gasteiger charge is -2.11. The summed E-state index contributed by atoms with van der Waals surface area (Å²) in [6.07, 6.45) is 2.93. The molecule has 192 valence electrons. The number of halogens is 1. The van der Waals surface area contributed by atoms with E-state index in [1.54, 1.807) is 44.2 Å². The van der Waals surface area contributed by atoms with Crippen LogP contribution in [0.5, 0.6) is 0 Å². The third-order valence-electron chi connectivity index (χ3n) is 5.93. The predicted molar refractivity (Wildman–Crippen MR) is 149 cm³/mol. The van der Waals surface area contributed by atoms with Gasteiger partial charge in [0.25, 0.3) is 10.0 Å². The highest BCUT2D eigenvalue weighted by atomic mass is 35.5. The van der Waals surface area contributed by atoms with Gasteiger partial charge in [-0.25, -0.2) is 17.2 Å². The molecule has 1 aromatic heterocycles.